The Hall–Kier alpha value is -2.30. The first-order valence-electron chi connectivity index (χ1n) is 12.9. The molecular weight excluding hydrogens is 510 g/mol. The van der Waals surface area contributed by atoms with Crippen LogP contribution in [0.3, 0.4) is 0 Å². The van der Waals surface area contributed by atoms with Gasteiger partial charge in [0.25, 0.3) is 0 Å². The van der Waals surface area contributed by atoms with Crippen LogP contribution in [0.2, 0.25) is 5.02 Å². The Labute approximate surface area is 228 Å². The van der Waals surface area contributed by atoms with E-state index in [1.165, 1.54) is 11.8 Å². The number of alkyl carbamates (subject to hydrolysis) is 1. The monoisotopic (exact) mass is 547 g/mol. The minimum absolute atomic E-state index is 0.0224. The number of nitrogens with one attached hydrogen (secondary N) is 3. The summed E-state index contributed by atoms with van der Waals surface area (Å²) in [6.45, 7) is 12.1. The summed E-state index contributed by atoms with van der Waals surface area (Å²) in [6.07, 6.45) is 9.04. The van der Waals surface area contributed by atoms with Gasteiger partial charge < -0.3 is 25.6 Å². The zero-order valence-corrected chi connectivity index (χ0v) is 23.7. The minimum atomic E-state index is -0.494. The number of piperidine rings is 2. The van der Waals surface area contributed by atoms with E-state index in [-0.39, 0.29) is 11.5 Å². The first-order valence-corrected chi connectivity index (χ1v) is 14.1. The Balaban J connectivity index is 1.29. The summed E-state index contributed by atoms with van der Waals surface area (Å²) >= 11 is 8.17. The Bertz CT molecular complexity index is 1050. The maximum atomic E-state index is 12.0. The maximum absolute atomic E-state index is 12.0. The van der Waals surface area contributed by atoms with Crippen molar-refractivity contribution in [3.8, 4) is 0 Å². The summed E-state index contributed by atoms with van der Waals surface area (Å²) in [4.78, 5) is 29.0. The predicted octanol–water partition coefficient (Wildman–Crippen LogP) is 4.97. The number of halogens is 1. The highest BCUT2D eigenvalue weighted by Gasteiger charge is 2.31. The third kappa shape index (κ3) is 8.09. The number of ether oxygens (including phenoxy) is 1. The molecule has 0 aliphatic carbocycles. The molecule has 4 rings (SSSR count). The van der Waals surface area contributed by atoms with E-state index in [9.17, 15) is 4.79 Å². The lowest BCUT2D eigenvalue weighted by atomic mass is 9.80. The second-order valence-corrected chi connectivity index (χ2v) is 12.5. The fourth-order valence-corrected chi connectivity index (χ4v) is 5.49. The van der Waals surface area contributed by atoms with E-state index in [4.69, 9.17) is 16.3 Å². The van der Waals surface area contributed by atoms with Crippen molar-refractivity contribution in [3.05, 3.63) is 29.7 Å². The summed E-state index contributed by atoms with van der Waals surface area (Å²) in [5.41, 5.74) is -0.471. The Kier molecular flexibility index (Phi) is 9.03. The van der Waals surface area contributed by atoms with E-state index in [0.717, 1.165) is 73.4 Å². The van der Waals surface area contributed by atoms with Crippen molar-refractivity contribution in [2.45, 2.75) is 74.9 Å². The van der Waals surface area contributed by atoms with Crippen molar-refractivity contribution in [1.82, 2.24) is 25.6 Å². The number of aromatic nitrogens is 3. The Morgan fingerprint density at radius 3 is 2.59 bits per heavy atom. The van der Waals surface area contributed by atoms with Crippen LogP contribution in [0.4, 0.5) is 16.4 Å². The number of carbonyl (C=O) groups excluding carboxylic acids is 1. The average Bonchev–Trinajstić information content (AvgIpc) is 2.86. The predicted molar refractivity (Wildman–Crippen MR) is 149 cm³/mol. The van der Waals surface area contributed by atoms with Crippen LogP contribution in [-0.4, -0.2) is 65.4 Å². The number of carbonyl (C=O) groups is 1. The highest BCUT2D eigenvalue weighted by molar-refractivity contribution is 7.99. The van der Waals surface area contributed by atoms with Gasteiger partial charge in [0.1, 0.15) is 22.3 Å². The van der Waals surface area contributed by atoms with E-state index >= 15 is 0 Å². The molecule has 0 radical (unpaired) electrons. The first kappa shape index (κ1) is 27.7. The molecule has 2 fully saturated rings. The van der Waals surface area contributed by atoms with Crippen LogP contribution in [0.25, 0.3) is 0 Å². The number of pyridine rings is 1. The summed E-state index contributed by atoms with van der Waals surface area (Å²) in [7, 11) is 0. The van der Waals surface area contributed by atoms with Gasteiger partial charge in [-0.15, -0.1) is 0 Å². The molecule has 11 heteroatoms. The van der Waals surface area contributed by atoms with Crippen LogP contribution in [-0.2, 0) is 4.74 Å². The number of rotatable bonds is 7. The molecule has 0 bridgehead atoms. The normalized spacial score (nSPS) is 18.4. The molecule has 2 aromatic heterocycles. The molecule has 202 valence electrons. The van der Waals surface area contributed by atoms with Gasteiger partial charge in [-0.1, -0.05) is 30.3 Å². The van der Waals surface area contributed by atoms with Gasteiger partial charge in [0.2, 0.25) is 0 Å². The fourth-order valence-electron chi connectivity index (χ4n) is 4.46. The molecule has 2 aromatic rings. The number of anilines is 2. The van der Waals surface area contributed by atoms with Gasteiger partial charge >= 0.3 is 6.09 Å². The van der Waals surface area contributed by atoms with Crippen molar-refractivity contribution >= 4 is 41.1 Å². The average molecular weight is 548 g/mol. The zero-order valence-electron chi connectivity index (χ0n) is 22.1. The third-order valence-corrected chi connectivity index (χ3v) is 8.19. The molecule has 1 amide bonds. The molecule has 0 atom stereocenters. The lowest BCUT2D eigenvalue weighted by molar-refractivity contribution is 0.0495. The van der Waals surface area contributed by atoms with E-state index in [0.29, 0.717) is 17.6 Å². The minimum Gasteiger partial charge on any atom is -0.444 e. The number of hydrogen-bond acceptors (Lipinski definition) is 9. The van der Waals surface area contributed by atoms with Crippen LogP contribution in [0.5, 0.6) is 0 Å². The smallest absolute Gasteiger partial charge is 0.407 e. The van der Waals surface area contributed by atoms with Crippen molar-refractivity contribution in [2.75, 3.05) is 42.9 Å². The van der Waals surface area contributed by atoms with Gasteiger partial charge in [-0.05, 0) is 71.0 Å². The van der Waals surface area contributed by atoms with E-state index in [2.05, 4.69) is 42.7 Å². The molecule has 0 unspecified atom stereocenters. The quantitative estimate of drug-likeness (QED) is 0.443. The van der Waals surface area contributed by atoms with Gasteiger partial charge in [-0.3, -0.25) is 0 Å². The molecule has 2 aliphatic rings. The van der Waals surface area contributed by atoms with Crippen molar-refractivity contribution in [1.29, 1.82) is 0 Å². The van der Waals surface area contributed by atoms with E-state index < -0.39 is 5.60 Å². The molecule has 9 nitrogen and oxygen atoms in total. The SMILES string of the molecule is CC1(CNC(=O)OC(C)(C)C)CCN(c2cnc(Sc3ccnc(NC4CCNCC4)c3Cl)cn2)CC1. The van der Waals surface area contributed by atoms with Gasteiger partial charge in [0.05, 0.1) is 17.4 Å². The molecule has 4 heterocycles. The van der Waals surface area contributed by atoms with Crippen LogP contribution in [0, 0.1) is 5.41 Å². The Morgan fingerprint density at radius 1 is 1.22 bits per heavy atom. The summed E-state index contributed by atoms with van der Waals surface area (Å²) in [5.74, 6) is 1.58. The fraction of sp³-hybridized carbons (Fsp3) is 0.615. The van der Waals surface area contributed by atoms with Gasteiger partial charge in [-0.2, -0.15) is 0 Å². The number of nitrogens with zero attached hydrogens (tertiary/aromatic N) is 4. The van der Waals surface area contributed by atoms with Crippen LogP contribution in [0.1, 0.15) is 53.4 Å². The highest BCUT2D eigenvalue weighted by atomic mass is 35.5. The van der Waals surface area contributed by atoms with Crippen LogP contribution >= 0.6 is 23.4 Å². The molecule has 0 spiro atoms. The molecule has 3 N–H and O–H groups in total. The second kappa shape index (κ2) is 12.0. The topological polar surface area (TPSA) is 104 Å². The molecule has 2 saturated heterocycles. The lowest BCUT2D eigenvalue weighted by Crippen LogP contribution is -2.45. The van der Waals surface area contributed by atoms with Crippen LogP contribution in [0.15, 0.2) is 34.6 Å². The number of hydrogen-bond donors (Lipinski definition) is 3. The third-order valence-electron chi connectivity index (χ3n) is 6.72. The van der Waals surface area contributed by atoms with Crippen LogP contribution < -0.4 is 20.9 Å². The first-order chi connectivity index (χ1) is 17.6. The van der Waals surface area contributed by atoms with E-state index in [1.54, 1.807) is 12.4 Å². The summed E-state index contributed by atoms with van der Waals surface area (Å²) in [5, 5.41) is 11.2. The zero-order chi connectivity index (χ0) is 26.5. The highest BCUT2D eigenvalue weighted by Crippen LogP contribution is 2.36. The standard InChI is InChI=1S/C26H38ClN7O2S/c1-25(2,3)36-24(35)32-17-26(4)8-13-34(14-9-26)20-15-31-21(16-30-20)37-19-7-12-29-23(22(19)27)33-18-5-10-28-11-6-18/h7,12,15-16,18,28H,5-6,8-11,13-14,17H2,1-4H3,(H,29,33)(H,32,35). The van der Waals surface area contributed by atoms with E-state index in [1.807, 2.05) is 33.0 Å². The summed E-state index contributed by atoms with van der Waals surface area (Å²) in [6, 6.07) is 2.29. The Morgan fingerprint density at radius 2 is 1.95 bits per heavy atom. The molecular formula is C26H38ClN7O2S. The second-order valence-electron chi connectivity index (χ2n) is 11.1. The van der Waals surface area contributed by atoms with Crippen molar-refractivity contribution in [2.24, 2.45) is 5.41 Å². The summed E-state index contributed by atoms with van der Waals surface area (Å²) < 4.78 is 5.37. The number of amides is 1. The molecule has 37 heavy (non-hydrogen) atoms. The lowest BCUT2D eigenvalue weighted by Gasteiger charge is -2.40. The van der Waals surface area contributed by atoms with Gasteiger partial charge in [-0.25, -0.2) is 19.7 Å². The van der Waals surface area contributed by atoms with Gasteiger partial charge in [0.15, 0.2) is 0 Å². The van der Waals surface area contributed by atoms with Crippen molar-refractivity contribution < 1.29 is 9.53 Å². The maximum Gasteiger partial charge on any atom is 0.407 e. The molecule has 0 aromatic carbocycles. The van der Waals surface area contributed by atoms with Crippen molar-refractivity contribution in [3.63, 3.8) is 0 Å². The molecule has 2 aliphatic heterocycles. The molecule has 0 saturated carbocycles. The van der Waals surface area contributed by atoms with Gasteiger partial charge in [0, 0.05) is 36.8 Å². The largest absolute Gasteiger partial charge is 0.444 e.